The van der Waals surface area contributed by atoms with Crippen molar-refractivity contribution in [1.29, 1.82) is 0 Å². The maximum Gasteiger partial charge on any atom is 0.387 e. The highest BCUT2D eigenvalue weighted by Gasteiger charge is 2.22. The van der Waals surface area contributed by atoms with E-state index in [1.165, 1.54) is 43.3 Å². The molecule has 0 radical (unpaired) electrons. The summed E-state index contributed by atoms with van der Waals surface area (Å²) in [4.78, 5) is 24.6. The summed E-state index contributed by atoms with van der Waals surface area (Å²) in [6.45, 7) is -0.700. The molecule has 0 bridgehead atoms. The first-order valence-corrected chi connectivity index (χ1v) is 8.14. The third-order valence-electron chi connectivity index (χ3n) is 3.79. The normalized spacial score (nSPS) is 13.8. The van der Waals surface area contributed by atoms with Crippen LogP contribution in [0.25, 0.3) is 0 Å². The lowest BCUT2D eigenvalue weighted by atomic mass is 10.1. The molecule has 2 aromatic rings. The lowest BCUT2D eigenvalue weighted by Crippen LogP contribution is -2.24. The topological polar surface area (TPSA) is 71.1 Å². The van der Waals surface area contributed by atoms with E-state index in [1.807, 2.05) is 0 Å². The molecular weight excluding hydrogens is 362 g/mol. The maximum atomic E-state index is 12.4. The second kappa shape index (κ2) is 8.03. The van der Waals surface area contributed by atoms with Gasteiger partial charge in [0.05, 0.1) is 5.56 Å². The number of Topliss-reactive ketones (excluding diaryl/α,β-unsaturated/α-hetero) is 1. The third-order valence-corrected chi connectivity index (χ3v) is 3.79. The lowest BCUT2D eigenvalue weighted by molar-refractivity contribution is -0.0498. The third kappa shape index (κ3) is 4.52. The quantitative estimate of drug-likeness (QED) is 0.566. The van der Waals surface area contributed by atoms with Gasteiger partial charge in [-0.25, -0.2) is 4.79 Å². The molecule has 142 valence electrons. The van der Waals surface area contributed by atoms with Crippen LogP contribution in [-0.4, -0.2) is 37.7 Å². The second-order valence-corrected chi connectivity index (χ2v) is 5.67. The Bertz CT molecular complexity index is 835. The van der Waals surface area contributed by atoms with Crippen molar-refractivity contribution in [3.05, 3.63) is 53.6 Å². The number of hydrogen-bond donors (Lipinski definition) is 0. The van der Waals surface area contributed by atoms with Crippen LogP contribution in [0, 0.1) is 0 Å². The van der Waals surface area contributed by atoms with E-state index in [2.05, 4.69) is 4.74 Å². The SMILES string of the molecule is C[C@H](OC(=O)c1ccc2c(c1)OCCO2)C(=O)c1ccc(OC(F)F)cc1. The number of hydrogen-bond acceptors (Lipinski definition) is 6. The molecule has 0 N–H and O–H groups in total. The number of benzene rings is 2. The zero-order valence-electron chi connectivity index (χ0n) is 14.3. The monoisotopic (exact) mass is 378 g/mol. The molecule has 1 atom stereocenters. The summed E-state index contributed by atoms with van der Waals surface area (Å²) in [7, 11) is 0. The zero-order valence-corrected chi connectivity index (χ0v) is 14.3. The fraction of sp³-hybridized carbons (Fsp3) is 0.263. The molecule has 3 rings (SSSR count). The van der Waals surface area contributed by atoms with Crippen LogP contribution in [-0.2, 0) is 4.74 Å². The average Bonchev–Trinajstić information content (AvgIpc) is 2.67. The highest BCUT2D eigenvalue weighted by atomic mass is 19.3. The van der Waals surface area contributed by atoms with Crippen molar-refractivity contribution in [3.8, 4) is 17.2 Å². The van der Waals surface area contributed by atoms with Gasteiger partial charge < -0.3 is 18.9 Å². The first-order chi connectivity index (χ1) is 12.9. The number of halogens is 2. The fourth-order valence-electron chi connectivity index (χ4n) is 2.49. The van der Waals surface area contributed by atoms with Crippen molar-refractivity contribution < 1.29 is 37.3 Å². The summed E-state index contributed by atoms with van der Waals surface area (Å²) in [6.07, 6.45) is -1.06. The smallest absolute Gasteiger partial charge is 0.387 e. The average molecular weight is 378 g/mol. The second-order valence-electron chi connectivity index (χ2n) is 5.67. The van der Waals surface area contributed by atoms with Gasteiger partial charge >= 0.3 is 12.6 Å². The minimum Gasteiger partial charge on any atom is -0.486 e. The molecule has 0 fully saturated rings. The molecule has 1 aliphatic rings. The van der Waals surface area contributed by atoms with Gasteiger partial charge in [-0.05, 0) is 49.4 Å². The van der Waals surface area contributed by atoms with Gasteiger partial charge in [-0.1, -0.05) is 0 Å². The lowest BCUT2D eigenvalue weighted by Gasteiger charge is -2.19. The van der Waals surface area contributed by atoms with Crippen molar-refractivity contribution in [2.75, 3.05) is 13.2 Å². The molecule has 6 nitrogen and oxygen atoms in total. The number of ether oxygens (including phenoxy) is 4. The van der Waals surface area contributed by atoms with Crippen LogP contribution in [0.5, 0.6) is 17.2 Å². The highest BCUT2D eigenvalue weighted by molar-refractivity contribution is 6.01. The first kappa shape index (κ1) is 18.6. The number of carbonyl (C=O) groups excluding carboxylic acids is 2. The number of ketones is 1. The maximum absolute atomic E-state index is 12.4. The molecule has 8 heteroatoms. The molecule has 27 heavy (non-hydrogen) atoms. The Morgan fingerprint density at radius 3 is 2.26 bits per heavy atom. The van der Waals surface area contributed by atoms with Gasteiger partial charge in [0, 0.05) is 5.56 Å². The number of carbonyl (C=O) groups is 2. The molecule has 0 aliphatic carbocycles. The molecule has 0 aromatic heterocycles. The molecule has 0 saturated carbocycles. The minimum absolute atomic E-state index is 0.0672. The molecule has 1 aliphatic heterocycles. The molecule has 0 saturated heterocycles. The van der Waals surface area contributed by atoms with Crippen molar-refractivity contribution in [1.82, 2.24) is 0 Å². The Hall–Kier alpha value is -3.16. The molecule has 0 amide bonds. The van der Waals surface area contributed by atoms with Gasteiger partial charge in [0.15, 0.2) is 17.6 Å². The minimum atomic E-state index is -2.95. The Balaban J connectivity index is 1.64. The van der Waals surface area contributed by atoms with E-state index >= 15 is 0 Å². The van der Waals surface area contributed by atoms with Crippen molar-refractivity contribution in [3.63, 3.8) is 0 Å². The van der Waals surface area contributed by atoms with E-state index in [-0.39, 0.29) is 16.9 Å². The van der Waals surface area contributed by atoms with Gasteiger partial charge in [-0.2, -0.15) is 8.78 Å². The zero-order chi connectivity index (χ0) is 19.4. The van der Waals surface area contributed by atoms with Crippen molar-refractivity contribution >= 4 is 11.8 Å². The van der Waals surface area contributed by atoms with E-state index in [0.717, 1.165) is 0 Å². The van der Waals surface area contributed by atoms with Crippen LogP contribution < -0.4 is 14.2 Å². The standard InChI is InChI=1S/C19H16F2O6/c1-11(17(22)12-2-5-14(6-3-12)27-19(20)21)26-18(23)13-4-7-15-16(10-13)25-9-8-24-15/h2-7,10-11,19H,8-9H2,1H3/t11-/m0/s1. The van der Waals surface area contributed by atoms with Gasteiger partial charge in [0.25, 0.3) is 0 Å². The summed E-state index contributed by atoms with van der Waals surface area (Å²) < 4.78 is 44.5. The Morgan fingerprint density at radius 1 is 0.963 bits per heavy atom. The van der Waals surface area contributed by atoms with Gasteiger partial charge in [-0.15, -0.1) is 0 Å². The Labute approximate surface area is 153 Å². The highest BCUT2D eigenvalue weighted by Crippen LogP contribution is 2.31. The van der Waals surface area contributed by atoms with Crippen LogP contribution >= 0.6 is 0 Å². The van der Waals surface area contributed by atoms with Gasteiger partial charge in [0.2, 0.25) is 5.78 Å². The van der Waals surface area contributed by atoms with Crippen LogP contribution in [0.4, 0.5) is 8.78 Å². The van der Waals surface area contributed by atoms with Gasteiger partial charge in [-0.3, -0.25) is 4.79 Å². The Morgan fingerprint density at radius 2 is 1.59 bits per heavy atom. The Kier molecular flexibility index (Phi) is 5.54. The largest absolute Gasteiger partial charge is 0.486 e. The van der Waals surface area contributed by atoms with E-state index in [4.69, 9.17) is 14.2 Å². The summed E-state index contributed by atoms with van der Waals surface area (Å²) in [5.74, 6) is -0.255. The van der Waals surface area contributed by atoms with Crippen LogP contribution in [0.2, 0.25) is 0 Å². The predicted octanol–water partition coefficient (Wildman–Crippen LogP) is 3.49. The number of esters is 1. The van der Waals surface area contributed by atoms with E-state index in [0.29, 0.717) is 24.7 Å². The molecule has 0 spiro atoms. The number of rotatable bonds is 6. The van der Waals surface area contributed by atoms with Gasteiger partial charge in [0.1, 0.15) is 19.0 Å². The molecule has 2 aromatic carbocycles. The summed E-state index contributed by atoms with van der Waals surface area (Å²) in [6, 6.07) is 9.75. The number of alkyl halides is 2. The summed E-state index contributed by atoms with van der Waals surface area (Å²) in [5.41, 5.74) is 0.429. The van der Waals surface area contributed by atoms with E-state index < -0.39 is 24.5 Å². The molecular formula is C19H16F2O6. The first-order valence-electron chi connectivity index (χ1n) is 8.14. The van der Waals surface area contributed by atoms with Crippen LogP contribution in [0.1, 0.15) is 27.6 Å². The summed E-state index contributed by atoms with van der Waals surface area (Å²) >= 11 is 0. The van der Waals surface area contributed by atoms with E-state index in [1.54, 1.807) is 6.07 Å². The summed E-state index contributed by atoms with van der Waals surface area (Å²) in [5, 5.41) is 0. The molecule has 1 heterocycles. The predicted molar refractivity (Wildman–Crippen MR) is 89.7 cm³/mol. The van der Waals surface area contributed by atoms with E-state index in [9.17, 15) is 18.4 Å². The molecule has 0 unspecified atom stereocenters. The van der Waals surface area contributed by atoms with Crippen molar-refractivity contribution in [2.45, 2.75) is 19.6 Å². The number of fused-ring (bicyclic) bond motifs is 1. The van der Waals surface area contributed by atoms with Crippen LogP contribution in [0.15, 0.2) is 42.5 Å². The van der Waals surface area contributed by atoms with Crippen LogP contribution in [0.3, 0.4) is 0 Å². The fourth-order valence-corrected chi connectivity index (χ4v) is 2.49. The van der Waals surface area contributed by atoms with Crippen molar-refractivity contribution in [2.24, 2.45) is 0 Å².